The molecule has 0 unspecified atom stereocenters. The third kappa shape index (κ3) is 2.77. The molecule has 4 aromatic rings. The summed E-state index contributed by atoms with van der Waals surface area (Å²) in [5.41, 5.74) is 5.35. The molecule has 3 aromatic carbocycles. The number of para-hydroxylation sites is 1. The highest BCUT2D eigenvalue weighted by Crippen LogP contribution is 2.23. The summed E-state index contributed by atoms with van der Waals surface area (Å²) in [5, 5.41) is 8.49. The monoisotopic (exact) mass is 297 g/mol. The molecule has 0 aliphatic heterocycles. The fourth-order valence-electron chi connectivity index (χ4n) is 2.57. The molecule has 0 fully saturated rings. The van der Waals surface area contributed by atoms with Crippen LogP contribution in [-0.4, -0.2) is 15.0 Å². The zero-order valence-electron chi connectivity index (χ0n) is 12.5. The summed E-state index contributed by atoms with van der Waals surface area (Å²) in [6.07, 6.45) is 1.95. The molecule has 4 rings (SSSR count). The van der Waals surface area contributed by atoms with Crippen molar-refractivity contribution in [1.82, 2.24) is 15.0 Å². The fourth-order valence-corrected chi connectivity index (χ4v) is 2.57. The van der Waals surface area contributed by atoms with Gasteiger partial charge >= 0.3 is 0 Å². The summed E-state index contributed by atoms with van der Waals surface area (Å²) in [6.45, 7) is 0. The first-order valence-corrected chi connectivity index (χ1v) is 7.54. The molecule has 1 heterocycles. The molecule has 0 atom stereocenters. The molecular formula is C20H15N3. The van der Waals surface area contributed by atoms with Crippen molar-refractivity contribution in [3.8, 4) is 28.1 Å². The summed E-state index contributed by atoms with van der Waals surface area (Å²) in [4.78, 5) is 0. The van der Waals surface area contributed by atoms with Gasteiger partial charge in [-0.25, -0.2) is 4.68 Å². The topological polar surface area (TPSA) is 30.7 Å². The van der Waals surface area contributed by atoms with Gasteiger partial charge in [0.05, 0.1) is 11.9 Å². The lowest BCUT2D eigenvalue weighted by molar-refractivity contribution is 0.804. The summed E-state index contributed by atoms with van der Waals surface area (Å²) in [5.74, 6) is 0. The van der Waals surface area contributed by atoms with Crippen LogP contribution in [0.5, 0.6) is 0 Å². The minimum absolute atomic E-state index is 0.869. The number of rotatable bonds is 3. The summed E-state index contributed by atoms with van der Waals surface area (Å²) in [7, 11) is 0. The molecule has 23 heavy (non-hydrogen) atoms. The van der Waals surface area contributed by atoms with Crippen LogP contribution in [0.3, 0.4) is 0 Å². The second-order valence-corrected chi connectivity index (χ2v) is 5.33. The lowest BCUT2D eigenvalue weighted by Crippen LogP contribution is -1.93. The maximum Gasteiger partial charge on any atom is 0.113 e. The van der Waals surface area contributed by atoms with Gasteiger partial charge in [0.15, 0.2) is 0 Å². The zero-order valence-corrected chi connectivity index (χ0v) is 12.5. The standard InChI is InChI=1S/C20H15N3/c1-3-7-16(8-4-1)17-11-13-18(14-12-17)20-15-23(22-21-20)19-9-5-2-6-10-19/h1-15H. The molecule has 0 bridgehead atoms. The van der Waals surface area contributed by atoms with Crippen LogP contribution in [-0.2, 0) is 0 Å². The average Bonchev–Trinajstić information content (AvgIpc) is 3.14. The Balaban J connectivity index is 1.63. The van der Waals surface area contributed by atoms with Crippen molar-refractivity contribution in [3.63, 3.8) is 0 Å². The second kappa shape index (κ2) is 5.89. The average molecular weight is 297 g/mol. The van der Waals surface area contributed by atoms with Crippen LogP contribution in [0.2, 0.25) is 0 Å². The van der Waals surface area contributed by atoms with Gasteiger partial charge in [-0.3, -0.25) is 0 Å². The van der Waals surface area contributed by atoms with Gasteiger partial charge in [0.2, 0.25) is 0 Å². The van der Waals surface area contributed by atoms with Crippen LogP contribution in [0, 0.1) is 0 Å². The Bertz CT molecular complexity index is 895. The first-order chi connectivity index (χ1) is 11.4. The Kier molecular flexibility index (Phi) is 3.45. The van der Waals surface area contributed by atoms with E-state index < -0.39 is 0 Å². The van der Waals surface area contributed by atoms with Crippen molar-refractivity contribution in [2.75, 3.05) is 0 Å². The fraction of sp³-hybridized carbons (Fsp3) is 0. The second-order valence-electron chi connectivity index (χ2n) is 5.33. The molecular weight excluding hydrogens is 282 g/mol. The van der Waals surface area contributed by atoms with E-state index in [-0.39, 0.29) is 0 Å². The Labute approximate surface area is 134 Å². The summed E-state index contributed by atoms with van der Waals surface area (Å²) >= 11 is 0. The van der Waals surface area contributed by atoms with E-state index in [1.54, 1.807) is 4.68 Å². The third-order valence-corrected chi connectivity index (χ3v) is 3.80. The predicted octanol–water partition coefficient (Wildman–Crippen LogP) is 4.60. The molecule has 3 heteroatoms. The van der Waals surface area contributed by atoms with Gasteiger partial charge < -0.3 is 0 Å². The normalized spacial score (nSPS) is 10.6. The number of nitrogens with zero attached hydrogens (tertiary/aromatic N) is 3. The molecule has 3 nitrogen and oxygen atoms in total. The van der Waals surface area contributed by atoms with Gasteiger partial charge in [-0.15, -0.1) is 5.10 Å². The van der Waals surface area contributed by atoms with Crippen molar-refractivity contribution in [2.45, 2.75) is 0 Å². The maximum atomic E-state index is 4.28. The van der Waals surface area contributed by atoms with E-state index in [0.29, 0.717) is 0 Å². The van der Waals surface area contributed by atoms with Gasteiger partial charge in [0.1, 0.15) is 5.69 Å². The first-order valence-electron chi connectivity index (χ1n) is 7.54. The Hall–Kier alpha value is -3.20. The molecule has 110 valence electrons. The van der Waals surface area contributed by atoms with Gasteiger partial charge in [0.25, 0.3) is 0 Å². The van der Waals surface area contributed by atoms with E-state index >= 15 is 0 Å². The Morgan fingerprint density at radius 3 is 1.83 bits per heavy atom. The molecule has 0 spiro atoms. The van der Waals surface area contributed by atoms with Crippen LogP contribution in [0.25, 0.3) is 28.1 Å². The van der Waals surface area contributed by atoms with E-state index in [1.165, 1.54) is 11.1 Å². The van der Waals surface area contributed by atoms with E-state index in [2.05, 4.69) is 58.8 Å². The van der Waals surface area contributed by atoms with E-state index in [1.807, 2.05) is 42.6 Å². The minimum atomic E-state index is 0.869. The molecule has 0 N–H and O–H groups in total. The molecule has 1 aromatic heterocycles. The van der Waals surface area contributed by atoms with E-state index in [4.69, 9.17) is 0 Å². The highest BCUT2D eigenvalue weighted by Gasteiger charge is 2.05. The van der Waals surface area contributed by atoms with Gasteiger partial charge in [-0.2, -0.15) is 0 Å². The summed E-state index contributed by atoms with van der Waals surface area (Å²) in [6, 6.07) is 28.8. The maximum absolute atomic E-state index is 4.28. The van der Waals surface area contributed by atoms with E-state index in [0.717, 1.165) is 16.9 Å². The van der Waals surface area contributed by atoms with Crippen molar-refractivity contribution in [3.05, 3.63) is 91.1 Å². The van der Waals surface area contributed by atoms with Gasteiger partial charge in [-0.05, 0) is 23.3 Å². The van der Waals surface area contributed by atoms with Crippen molar-refractivity contribution >= 4 is 0 Å². The quantitative estimate of drug-likeness (QED) is 0.553. The molecule has 0 amide bonds. The number of hydrogen-bond donors (Lipinski definition) is 0. The minimum Gasteiger partial charge on any atom is -0.220 e. The van der Waals surface area contributed by atoms with Crippen LogP contribution < -0.4 is 0 Å². The molecule has 0 aliphatic carbocycles. The van der Waals surface area contributed by atoms with Gasteiger partial charge in [-0.1, -0.05) is 78.0 Å². The van der Waals surface area contributed by atoms with Crippen molar-refractivity contribution < 1.29 is 0 Å². The summed E-state index contributed by atoms with van der Waals surface area (Å²) < 4.78 is 1.79. The van der Waals surface area contributed by atoms with Crippen LogP contribution >= 0.6 is 0 Å². The number of hydrogen-bond acceptors (Lipinski definition) is 2. The van der Waals surface area contributed by atoms with Crippen LogP contribution in [0.15, 0.2) is 91.1 Å². The molecule has 0 aliphatic rings. The van der Waals surface area contributed by atoms with Crippen LogP contribution in [0.1, 0.15) is 0 Å². The highest BCUT2D eigenvalue weighted by molar-refractivity contribution is 5.68. The van der Waals surface area contributed by atoms with Crippen molar-refractivity contribution in [2.24, 2.45) is 0 Å². The van der Waals surface area contributed by atoms with E-state index in [9.17, 15) is 0 Å². The zero-order chi connectivity index (χ0) is 15.5. The smallest absolute Gasteiger partial charge is 0.113 e. The Morgan fingerprint density at radius 2 is 1.13 bits per heavy atom. The lowest BCUT2D eigenvalue weighted by Gasteiger charge is -2.02. The Morgan fingerprint density at radius 1 is 0.565 bits per heavy atom. The lowest BCUT2D eigenvalue weighted by atomic mass is 10.0. The molecule has 0 saturated carbocycles. The highest BCUT2D eigenvalue weighted by atomic mass is 15.4. The van der Waals surface area contributed by atoms with Gasteiger partial charge in [0, 0.05) is 5.56 Å². The predicted molar refractivity (Wildman–Crippen MR) is 92.2 cm³/mol. The SMILES string of the molecule is c1ccc(-c2ccc(-c3cn(-c4ccccc4)nn3)cc2)cc1. The number of aromatic nitrogens is 3. The largest absolute Gasteiger partial charge is 0.220 e. The van der Waals surface area contributed by atoms with Crippen LogP contribution in [0.4, 0.5) is 0 Å². The molecule has 0 saturated heterocycles. The number of benzene rings is 3. The molecule has 0 radical (unpaired) electrons. The third-order valence-electron chi connectivity index (χ3n) is 3.80. The first kappa shape index (κ1) is 13.5. The van der Waals surface area contributed by atoms with Crippen molar-refractivity contribution in [1.29, 1.82) is 0 Å².